The smallest absolute Gasteiger partial charge is 0.335 e. The van der Waals surface area contributed by atoms with E-state index in [2.05, 4.69) is 10.2 Å². The summed E-state index contributed by atoms with van der Waals surface area (Å²) in [4.78, 5) is 27.5. The summed E-state index contributed by atoms with van der Waals surface area (Å²) in [6, 6.07) is 15.5. The molecular formula is C22H22N4O4. The molecule has 2 aromatic carbocycles. The molecule has 0 saturated carbocycles. The molecule has 1 amide bonds. The minimum absolute atomic E-state index is 0.0111. The van der Waals surface area contributed by atoms with E-state index in [1.807, 2.05) is 35.2 Å². The van der Waals surface area contributed by atoms with Gasteiger partial charge in [-0.1, -0.05) is 12.1 Å². The molecular weight excluding hydrogens is 384 g/mol. The Morgan fingerprint density at radius 2 is 1.77 bits per heavy atom. The Hall–Kier alpha value is -3.99. The quantitative estimate of drug-likeness (QED) is 0.561. The van der Waals surface area contributed by atoms with Crippen LogP contribution in [-0.2, 0) is 4.79 Å². The van der Waals surface area contributed by atoms with Crippen molar-refractivity contribution in [2.24, 2.45) is 0 Å². The summed E-state index contributed by atoms with van der Waals surface area (Å²) < 4.78 is 5.42. The van der Waals surface area contributed by atoms with Crippen LogP contribution in [0.3, 0.4) is 0 Å². The number of aromatic carboxylic acids is 1. The van der Waals surface area contributed by atoms with Crippen molar-refractivity contribution in [2.45, 2.75) is 0 Å². The van der Waals surface area contributed by atoms with Crippen LogP contribution in [0.1, 0.15) is 10.4 Å². The van der Waals surface area contributed by atoms with E-state index in [1.54, 1.807) is 13.3 Å². The highest BCUT2D eigenvalue weighted by Gasteiger charge is 2.19. The molecule has 8 nitrogen and oxygen atoms in total. The molecule has 0 atom stereocenters. The van der Waals surface area contributed by atoms with Gasteiger partial charge in [0.1, 0.15) is 17.4 Å². The van der Waals surface area contributed by atoms with Gasteiger partial charge in [0.25, 0.3) is 5.91 Å². The van der Waals surface area contributed by atoms with Gasteiger partial charge in [-0.3, -0.25) is 4.79 Å². The number of piperazine rings is 1. The highest BCUT2D eigenvalue weighted by Crippen LogP contribution is 2.28. The maximum Gasteiger partial charge on any atom is 0.335 e. The van der Waals surface area contributed by atoms with E-state index in [-0.39, 0.29) is 11.1 Å². The monoisotopic (exact) mass is 406 g/mol. The molecule has 0 aromatic heterocycles. The standard InChI is InChI=1S/C22H22N4O4/c1-30-20-5-3-2-4-19(20)26-12-10-25(11-13-26)15-17(14-23)21(27)24-18-8-6-16(7-9-18)22(28)29/h2-9,15H,10-13H2,1H3,(H,24,27)(H,28,29)/b17-15-. The number of carbonyl (C=O) groups excluding carboxylic acids is 1. The van der Waals surface area contributed by atoms with E-state index in [0.717, 1.165) is 24.5 Å². The largest absolute Gasteiger partial charge is 0.495 e. The summed E-state index contributed by atoms with van der Waals surface area (Å²) in [5.41, 5.74) is 1.55. The van der Waals surface area contributed by atoms with E-state index in [0.29, 0.717) is 18.8 Å². The predicted octanol–water partition coefficient (Wildman–Crippen LogP) is 2.56. The third-order valence-electron chi connectivity index (χ3n) is 4.81. The molecule has 1 aliphatic rings. The zero-order valence-corrected chi connectivity index (χ0v) is 16.5. The number of methoxy groups -OCH3 is 1. The van der Waals surface area contributed by atoms with Gasteiger partial charge >= 0.3 is 5.97 Å². The number of anilines is 2. The SMILES string of the molecule is COc1ccccc1N1CCN(/C=C(/C#N)C(=O)Nc2ccc(C(=O)O)cc2)CC1. The minimum Gasteiger partial charge on any atom is -0.495 e. The first-order chi connectivity index (χ1) is 14.5. The fraction of sp³-hybridized carbons (Fsp3) is 0.227. The van der Waals surface area contributed by atoms with Crippen LogP contribution < -0.4 is 15.0 Å². The second-order valence-corrected chi connectivity index (χ2v) is 6.69. The van der Waals surface area contributed by atoms with Crippen LogP contribution in [0, 0.1) is 11.3 Å². The van der Waals surface area contributed by atoms with Crippen LogP contribution in [0.4, 0.5) is 11.4 Å². The average Bonchev–Trinajstić information content (AvgIpc) is 2.78. The maximum absolute atomic E-state index is 12.4. The van der Waals surface area contributed by atoms with E-state index in [4.69, 9.17) is 9.84 Å². The van der Waals surface area contributed by atoms with Gasteiger partial charge in [0.15, 0.2) is 0 Å². The van der Waals surface area contributed by atoms with Crippen LogP contribution in [0.5, 0.6) is 5.75 Å². The molecule has 154 valence electrons. The van der Waals surface area contributed by atoms with Crippen molar-refractivity contribution in [2.75, 3.05) is 43.5 Å². The molecule has 0 unspecified atom stereocenters. The number of hydrogen-bond donors (Lipinski definition) is 2. The molecule has 1 aliphatic heterocycles. The molecule has 3 rings (SSSR count). The Morgan fingerprint density at radius 1 is 1.10 bits per heavy atom. The molecule has 1 saturated heterocycles. The van der Waals surface area contributed by atoms with Gasteiger partial charge in [0, 0.05) is 38.1 Å². The number of para-hydroxylation sites is 2. The lowest BCUT2D eigenvalue weighted by atomic mass is 10.2. The lowest BCUT2D eigenvalue weighted by molar-refractivity contribution is -0.112. The first-order valence-electron chi connectivity index (χ1n) is 9.40. The number of carboxylic acid groups (broad SMARTS) is 1. The van der Waals surface area contributed by atoms with Crippen molar-refractivity contribution in [1.29, 1.82) is 5.26 Å². The highest BCUT2D eigenvalue weighted by atomic mass is 16.5. The van der Waals surface area contributed by atoms with Crippen molar-refractivity contribution in [1.82, 2.24) is 4.90 Å². The van der Waals surface area contributed by atoms with Crippen molar-refractivity contribution in [3.63, 3.8) is 0 Å². The summed E-state index contributed by atoms with van der Waals surface area (Å²) in [5.74, 6) is -0.766. The van der Waals surface area contributed by atoms with E-state index in [1.165, 1.54) is 24.3 Å². The van der Waals surface area contributed by atoms with Crippen LogP contribution in [-0.4, -0.2) is 55.2 Å². The summed E-state index contributed by atoms with van der Waals surface area (Å²) in [6.45, 7) is 2.77. The van der Waals surface area contributed by atoms with Crippen LogP contribution in [0.25, 0.3) is 0 Å². The number of nitrogens with one attached hydrogen (secondary N) is 1. The van der Waals surface area contributed by atoms with Gasteiger partial charge in [-0.25, -0.2) is 4.79 Å². The number of carbonyl (C=O) groups is 2. The van der Waals surface area contributed by atoms with Gasteiger partial charge in [0.05, 0.1) is 18.4 Å². The number of rotatable bonds is 6. The maximum atomic E-state index is 12.4. The molecule has 2 aromatic rings. The fourth-order valence-electron chi connectivity index (χ4n) is 3.20. The molecule has 30 heavy (non-hydrogen) atoms. The molecule has 1 heterocycles. The number of benzene rings is 2. The number of carboxylic acids is 1. The predicted molar refractivity (Wildman–Crippen MR) is 113 cm³/mol. The van der Waals surface area contributed by atoms with E-state index < -0.39 is 11.9 Å². The van der Waals surface area contributed by atoms with Crippen molar-refractivity contribution in [3.8, 4) is 11.8 Å². The Bertz CT molecular complexity index is 987. The fourth-order valence-corrected chi connectivity index (χ4v) is 3.20. The Labute approximate surface area is 174 Å². The topological polar surface area (TPSA) is 106 Å². The number of nitrogens with zero attached hydrogens (tertiary/aromatic N) is 3. The van der Waals surface area contributed by atoms with Gasteiger partial charge < -0.3 is 25.0 Å². The summed E-state index contributed by atoms with van der Waals surface area (Å²) in [7, 11) is 1.64. The van der Waals surface area contributed by atoms with Crippen molar-refractivity contribution >= 4 is 23.3 Å². The first-order valence-corrected chi connectivity index (χ1v) is 9.40. The number of nitriles is 1. The van der Waals surface area contributed by atoms with E-state index >= 15 is 0 Å². The van der Waals surface area contributed by atoms with E-state index in [9.17, 15) is 14.9 Å². The lowest BCUT2D eigenvalue weighted by Crippen LogP contribution is -2.44. The molecule has 0 spiro atoms. The second-order valence-electron chi connectivity index (χ2n) is 6.69. The third kappa shape index (κ3) is 4.89. The molecule has 0 bridgehead atoms. The van der Waals surface area contributed by atoms with Gasteiger partial charge in [-0.05, 0) is 36.4 Å². The normalized spacial score (nSPS) is 14.1. The van der Waals surface area contributed by atoms with Crippen LogP contribution in [0.2, 0.25) is 0 Å². The number of hydrogen-bond acceptors (Lipinski definition) is 6. The van der Waals surface area contributed by atoms with Crippen molar-refractivity contribution < 1.29 is 19.4 Å². The Morgan fingerprint density at radius 3 is 2.37 bits per heavy atom. The summed E-state index contributed by atoms with van der Waals surface area (Å²) >= 11 is 0. The molecule has 2 N–H and O–H groups in total. The lowest BCUT2D eigenvalue weighted by Gasteiger charge is -2.36. The average molecular weight is 406 g/mol. The highest BCUT2D eigenvalue weighted by molar-refractivity contribution is 6.06. The summed E-state index contributed by atoms with van der Waals surface area (Å²) in [6.07, 6.45) is 1.57. The summed E-state index contributed by atoms with van der Waals surface area (Å²) in [5, 5.41) is 21.0. The zero-order chi connectivity index (χ0) is 21.5. The minimum atomic E-state index is -1.04. The Kier molecular flexibility index (Phi) is 6.55. The Balaban J connectivity index is 1.62. The number of ether oxygens (including phenoxy) is 1. The molecule has 8 heteroatoms. The van der Waals surface area contributed by atoms with Gasteiger partial charge in [-0.2, -0.15) is 5.26 Å². The zero-order valence-electron chi connectivity index (χ0n) is 16.5. The van der Waals surface area contributed by atoms with Crippen molar-refractivity contribution in [3.05, 3.63) is 65.9 Å². The third-order valence-corrected chi connectivity index (χ3v) is 4.81. The van der Waals surface area contributed by atoms with Crippen LogP contribution >= 0.6 is 0 Å². The van der Waals surface area contributed by atoms with Crippen LogP contribution in [0.15, 0.2) is 60.3 Å². The second kappa shape index (κ2) is 9.47. The van der Waals surface area contributed by atoms with Gasteiger partial charge in [-0.15, -0.1) is 0 Å². The number of amides is 1. The first kappa shape index (κ1) is 20.7. The molecule has 0 radical (unpaired) electrons. The molecule has 1 fully saturated rings. The van der Waals surface area contributed by atoms with Gasteiger partial charge in [0.2, 0.25) is 0 Å². The molecule has 0 aliphatic carbocycles.